The van der Waals surface area contributed by atoms with Crippen LogP contribution in [-0.4, -0.2) is 56.3 Å². The Morgan fingerprint density at radius 3 is 2.58 bits per heavy atom. The van der Waals surface area contributed by atoms with Crippen LogP contribution >= 0.6 is 0 Å². The van der Waals surface area contributed by atoms with Gasteiger partial charge in [0.05, 0.1) is 18.8 Å². The van der Waals surface area contributed by atoms with Crippen LogP contribution in [0.3, 0.4) is 0 Å². The van der Waals surface area contributed by atoms with Crippen molar-refractivity contribution in [3.63, 3.8) is 0 Å². The average Bonchev–Trinajstić information content (AvgIpc) is 2.03. The summed E-state index contributed by atoms with van der Waals surface area (Å²) in [6.45, 7) is 0.573. The van der Waals surface area contributed by atoms with Gasteiger partial charge in [0.1, 0.15) is 0 Å². The molecule has 0 aromatic heterocycles. The summed E-state index contributed by atoms with van der Waals surface area (Å²) in [5.74, 6) is 0. The molecule has 1 aliphatic heterocycles. The molecule has 1 rings (SSSR count). The quantitative estimate of drug-likeness (QED) is 0.624. The number of rotatable bonds is 2. The van der Waals surface area contributed by atoms with Crippen LogP contribution in [0.5, 0.6) is 0 Å². The molecule has 1 saturated heterocycles. The number of methoxy groups -OCH3 is 1. The first-order valence-corrected chi connectivity index (χ1v) is 4.15. The van der Waals surface area contributed by atoms with E-state index in [-0.39, 0.29) is 18.4 Å². The van der Waals surface area contributed by atoms with Crippen LogP contribution < -0.4 is 0 Å². The van der Waals surface area contributed by atoms with E-state index in [1.807, 2.05) is 19.0 Å². The van der Waals surface area contributed by atoms with Gasteiger partial charge in [-0.25, -0.2) is 0 Å². The van der Waals surface area contributed by atoms with E-state index in [0.29, 0.717) is 13.0 Å². The number of likely N-dealkylation sites (N-methyl/N-ethyl adjacent to an activating group) is 1. The highest BCUT2D eigenvalue weighted by atomic mass is 16.7. The van der Waals surface area contributed by atoms with Gasteiger partial charge in [0.2, 0.25) is 0 Å². The van der Waals surface area contributed by atoms with Crippen LogP contribution in [0.4, 0.5) is 0 Å². The van der Waals surface area contributed by atoms with Crippen LogP contribution in [0.2, 0.25) is 0 Å². The molecule has 0 radical (unpaired) electrons. The van der Waals surface area contributed by atoms with Gasteiger partial charge in [-0.1, -0.05) is 0 Å². The van der Waals surface area contributed by atoms with Gasteiger partial charge in [-0.15, -0.1) is 0 Å². The Bertz CT molecular complexity index is 140. The van der Waals surface area contributed by atoms with Crippen LogP contribution in [0.25, 0.3) is 0 Å². The molecule has 12 heavy (non-hydrogen) atoms. The molecule has 72 valence electrons. The van der Waals surface area contributed by atoms with Gasteiger partial charge in [-0.2, -0.15) is 0 Å². The summed E-state index contributed by atoms with van der Waals surface area (Å²) < 4.78 is 10.5. The van der Waals surface area contributed by atoms with Crippen molar-refractivity contribution in [1.82, 2.24) is 4.90 Å². The van der Waals surface area contributed by atoms with E-state index in [2.05, 4.69) is 0 Å². The Morgan fingerprint density at radius 2 is 2.17 bits per heavy atom. The number of hydrogen-bond acceptors (Lipinski definition) is 4. The largest absolute Gasteiger partial charge is 0.391 e. The molecule has 0 saturated carbocycles. The molecule has 0 aromatic carbocycles. The van der Waals surface area contributed by atoms with Gasteiger partial charge >= 0.3 is 0 Å². The van der Waals surface area contributed by atoms with Crippen LogP contribution in [0.1, 0.15) is 6.42 Å². The van der Waals surface area contributed by atoms with E-state index in [1.165, 1.54) is 0 Å². The molecule has 4 heteroatoms. The SMILES string of the molecule is CO[C@H]1OCC[C@H](O)[C@H]1N(C)C. The number of aliphatic hydroxyl groups is 1. The Morgan fingerprint density at radius 1 is 1.50 bits per heavy atom. The lowest BCUT2D eigenvalue weighted by molar-refractivity contribution is -0.208. The molecule has 0 aromatic rings. The van der Waals surface area contributed by atoms with Gasteiger partial charge in [0.15, 0.2) is 6.29 Å². The summed E-state index contributed by atoms with van der Waals surface area (Å²) >= 11 is 0. The average molecular weight is 175 g/mol. The highest BCUT2D eigenvalue weighted by Crippen LogP contribution is 2.18. The Hall–Kier alpha value is -0.160. The summed E-state index contributed by atoms with van der Waals surface area (Å²) in [5, 5.41) is 9.64. The predicted octanol–water partition coefficient (Wildman–Crippen LogP) is -0.330. The van der Waals surface area contributed by atoms with Crippen molar-refractivity contribution in [1.29, 1.82) is 0 Å². The second kappa shape index (κ2) is 4.18. The highest BCUT2D eigenvalue weighted by molar-refractivity contribution is 4.82. The van der Waals surface area contributed by atoms with E-state index in [9.17, 15) is 5.11 Å². The van der Waals surface area contributed by atoms with Crippen LogP contribution in [0, 0.1) is 0 Å². The molecule has 4 nitrogen and oxygen atoms in total. The molecule has 1 heterocycles. The molecule has 1 aliphatic rings. The molecule has 1 N–H and O–H groups in total. The standard InChI is InChI=1S/C8H17NO3/c1-9(2)7-6(10)4-5-12-8(7)11-3/h6-8,10H,4-5H2,1-3H3/t6-,7+,8-/m0/s1. The second-order valence-corrected chi connectivity index (χ2v) is 3.29. The summed E-state index contributed by atoms with van der Waals surface area (Å²) in [6, 6.07) is -0.0521. The second-order valence-electron chi connectivity index (χ2n) is 3.29. The lowest BCUT2D eigenvalue weighted by Gasteiger charge is -2.38. The first kappa shape index (κ1) is 9.92. The Labute approximate surface area is 73.1 Å². The van der Waals surface area contributed by atoms with Crippen molar-refractivity contribution in [3.05, 3.63) is 0 Å². The number of hydrogen-bond donors (Lipinski definition) is 1. The zero-order valence-electron chi connectivity index (χ0n) is 7.86. The third kappa shape index (κ3) is 1.95. The van der Waals surface area contributed by atoms with Gasteiger partial charge in [-0.05, 0) is 20.5 Å². The van der Waals surface area contributed by atoms with Crippen LogP contribution in [0.15, 0.2) is 0 Å². The Kier molecular flexibility index (Phi) is 3.46. The van der Waals surface area contributed by atoms with Crippen molar-refractivity contribution in [3.8, 4) is 0 Å². The summed E-state index contributed by atoms with van der Waals surface area (Å²) in [4.78, 5) is 1.93. The molecule has 1 fully saturated rings. The highest BCUT2D eigenvalue weighted by Gasteiger charge is 2.34. The monoisotopic (exact) mass is 175 g/mol. The molecular formula is C8H17NO3. The van der Waals surface area contributed by atoms with E-state index in [0.717, 1.165) is 0 Å². The maximum Gasteiger partial charge on any atom is 0.175 e. The minimum Gasteiger partial charge on any atom is -0.391 e. The fraction of sp³-hybridized carbons (Fsp3) is 1.00. The van der Waals surface area contributed by atoms with Crippen molar-refractivity contribution < 1.29 is 14.6 Å². The van der Waals surface area contributed by atoms with E-state index < -0.39 is 0 Å². The fourth-order valence-electron chi connectivity index (χ4n) is 1.55. The van der Waals surface area contributed by atoms with Gasteiger partial charge in [0, 0.05) is 7.11 Å². The topological polar surface area (TPSA) is 41.9 Å². The van der Waals surface area contributed by atoms with E-state index in [1.54, 1.807) is 7.11 Å². The molecule has 3 atom stereocenters. The zero-order valence-corrected chi connectivity index (χ0v) is 7.86. The predicted molar refractivity (Wildman–Crippen MR) is 44.8 cm³/mol. The third-order valence-corrected chi connectivity index (χ3v) is 2.20. The number of nitrogens with zero attached hydrogens (tertiary/aromatic N) is 1. The molecule has 0 spiro atoms. The normalized spacial score (nSPS) is 37.2. The minimum atomic E-state index is -0.348. The third-order valence-electron chi connectivity index (χ3n) is 2.20. The minimum absolute atomic E-state index is 0.0521. The van der Waals surface area contributed by atoms with E-state index >= 15 is 0 Å². The molecule has 0 unspecified atom stereocenters. The lowest BCUT2D eigenvalue weighted by Crippen LogP contribution is -2.53. The van der Waals surface area contributed by atoms with Gasteiger partial charge < -0.3 is 14.6 Å². The van der Waals surface area contributed by atoms with E-state index in [4.69, 9.17) is 9.47 Å². The summed E-state index contributed by atoms with van der Waals surface area (Å²) in [6.07, 6.45) is 0.0327. The van der Waals surface area contributed by atoms with Crippen molar-refractivity contribution in [2.75, 3.05) is 27.8 Å². The smallest absolute Gasteiger partial charge is 0.175 e. The maximum atomic E-state index is 9.64. The van der Waals surface area contributed by atoms with Crippen molar-refractivity contribution in [2.24, 2.45) is 0 Å². The van der Waals surface area contributed by atoms with Crippen molar-refractivity contribution in [2.45, 2.75) is 24.9 Å². The Balaban J connectivity index is 2.59. The zero-order chi connectivity index (χ0) is 9.14. The molecule has 0 amide bonds. The fourth-order valence-corrected chi connectivity index (χ4v) is 1.55. The summed E-state index contributed by atoms with van der Waals surface area (Å²) in [7, 11) is 5.42. The van der Waals surface area contributed by atoms with Gasteiger partial charge in [-0.3, -0.25) is 4.90 Å². The molecule has 0 bridgehead atoms. The first-order chi connectivity index (χ1) is 5.66. The lowest BCUT2D eigenvalue weighted by atomic mass is 10.0. The maximum absolute atomic E-state index is 9.64. The molecule has 0 aliphatic carbocycles. The summed E-state index contributed by atoms with van der Waals surface area (Å²) in [5.41, 5.74) is 0. The number of ether oxygens (including phenoxy) is 2. The number of aliphatic hydroxyl groups excluding tert-OH is 1. The first-order valence-electron chi connectivity index (χ1n) is 4.15. The molecular weight excluding hydrogens is 158 g/mol. The van der Waals surface area contributed by atoms with Crippen molar-refractivity contribution >= 4 is 0 Å². The van der Waals surface area contributed by atoms with Crippen LogP contribution in [-0.2, 0) is 9.47 Å². The van der Waals surface area contributed by atoms with Gasteiger partial charge in [0.25, 0.3) is 0 Å².